The maximum Gasteiger partial charge on any atom is 0.137 e. The lowest BCUT2D eigenvalue weighted by Gasteiger charge is -2.35. The van der Waals surface area contributed by atoms with Gasteiger partial charge < -0.3 is 21.6 Å². The third kappa shape index (κ3) is 4.97. The number of quaternary nitrogens is 1. The van der Waals surface area contributed by atoms with Gasteiger partial charge in [0.05, 0.1) is 19.6 Å². The van der Waals surface area contributed by atoms with Gasteiger partial charge in [0, 0.05) is 0 Å². The van der Waals surface area contributed by atoms with Crippen LogP contribution in [0.5, 0.6) is 5.75 Å². The first kappa shape index (κ1) is 16.3. The fourth-order valence-corrected chi connectivity index (χ4v) is 2.02. The molecule has 0 radical (unpaired) electrons. The first-order valence-electron chi connectivity index (χ1n) is 6.29. The van der Waals surface area contributed by atoms with Crippen molar-refractivity contribution < 1.29 is 21.6 Å². The Balaban J connectivity index is 0.00000256. The number of para-hydroxylation sites is 1. The molecule has 0 amide bonds. The second-order valence-electron chi connectivity index (χ2n) is 4.18. The molecule has 1 aromatic carbocycles. The van der Waals surface area contributed by atoms with Crippen LogP contribution < -0.4 is 17.1 Å². The Morgan fingerprint density at radius 1 is 0.941 bits per heavy atom. The number of likely N-dealkylation sites (N-methyl/N-ethyl adjacent to an activating group) is 1. The van der Waals surface area contributed by atoms with E-state index in [0.717, 1.165) is 23.4 Å². The minimum absolute atomic E-state index is 0. The first-order valence-corrected chi connectivity index (χ1v) is 6.29. The van der Waals surface area contributed by atoms with Crippen LogP contribution in [0.15, 0.2) is 30.3 Å². The molecular weight excluding hydrogens is 234 g/mol. The fourth-order valence-electron chi connectivity index (χ4n) is 2.02. The predicted molar refractivity (Wildman–Crippen MR) is 68.7 cm³/mol. The van der Waals surface area contributed by atoms with Crippen LogP contribution in [-0.4, -0.2) is 37.3 Å². The molecule has 17 heavy (non-hydrogen) atoms. The van der Waals surface area contributed by atoms with Crippen LogP contribution in [0.2, 0.25) is 0 Å². The lowest BCUT2D eigenvalue weighted by Crippen LogP contribution is -3.00. The number of hydrogen-bond acceptors (Lipinski definition) is 1. The van der Waals surface area contributed by atoms with E-state index < -0.39 is 0 Å². The Bertz CT molecular complexity index is 277. The van der Waals surface area contributed by atoms with Gasteiger partial charge in [-0.1, -0.05) is 18.2 Å². The summed E-state index contributed by atoms with van der Waals surface area (Å²) >= 11 is 0. The van der Waals surface area contributed by atoms with E-state index in [1.165, 1.54) is 19.6 Å². The molecule has 0 heterocycles. The van der Waals surface area contributed by atoms with Crippen molar-refractivity contribution >= 4 is 0 Å². The van der Waals surface area contributed by atoms with Gasteiger partial charge in [-0.3, -0.25) is 0 Å². The summed E-state index contributed by atoms with van der Waals surface area (Å²) in [6.07, 6.45) is 0. The summed E-state index contributed by atoms with van der Waals surface area (Å²) in [5.74, 6) is 0.976. The summed E-state index contributed by atoms with van der Waals surface area (Å²) in [5, 5.41) is 0. The summed E-state index contributed by atoms with van der Waals surface area (Å²) in [5.41, 5.74) is 0. The van der Waals surface area contributed by atoms with Crippen molar-refractivity contribution in [1.82, 2.24) is 0 Å². The van der Waals surface area contributed by atoms with Crippen molar-refractivity contribution in [3.63, 3.8) is 0 Å². The van der Waals surface area contributed by atoms with Gasteiger partial charge in [0.2, 0.25) is 0 Å². The molecule has 3 heteroatoms. The highest BCUT2D eigenvalue weighted by atomic mass is 35.5. The molecule has 1 aromatic rings. The number of hydrogen-bond donors (Lipinski definition) is 0. The molecule has 0 aliphatic heterocycles. The zero-order valence-electron chi connectivity index (χ0n) is 11.2. The second-order valence-corrected chi connectivity index (χ2v) is 4.18. The Labute approximate surface area is 112 Å². The van der Waals surface area contributed by atoms with Crippen LogP contribution in [-0.2, 0) is 0 Å². The Hall–Kier alpha value is -0.730. The van der Waals surface area contributed by atoms with Gasteiger partial charge >= 0.3 is 0 Å². The molecule has 1 rings (SSSR count). The van der Waals surface area contributed by atoms with E-state index >= 15 is 0 Å². The van der Waals surface area contributed by atoms with Gasteiger partial charge in [-0.05, 0) is 32.9 Å². The van der Waals surface area contributed by atoms with Gasteiger partial charge in [-0.25, -0.2) is 0 Å². The Morgan fingerprint density at radius 3 is 1.94 bits per heavy atom. The molecule has 0 aromatic heterocycles. The van der Waals surface area contributed by atoms with Crippen molar-refractivity contribution in [3.8, 4) is 5.75 Å². The summed E-state index contributed by atoms with van der Waals surface area (Å²) in [4.78, 5) is 0. The van der Waals surface area contributed by atoms with E-state index in [-0.39, 0.29) is 12.4 Å². The number of rotatable bonds is 7. The van der Waals surface area contributed by atoms with E-state index in [9.17, 15) is 0 Å². The van der Waals surface area contributed by atoms with E-state index in [0.29, 0.717) is 0 Å². The molecule has 0 saturated heterocycles. The van der Waals surface area contributed by atoms with Crippen LogP contribution in [0.4, 0.5) is 0 Å². The average molecular weight is 258 g/mol. The number of benzene rings is 1. The van der Waals surface area contributed by atoms with Crippen molar-refractivity contribution in [3.05, 3.63) is 30.3 Å². The summed E-state index contributed by atoms with van der Waals surface area (Å²) < 4.78 is 6.90. The highest BCUT2D eigenvalue weighted by Gasteiger charge is 2.20. The minimum Gasteiger partial charge on any atom is -1.00 e. The normalized spacial score (nSPS) is 10.8. The van der Waals surface area contributed by atoms with Crippen molar-refractivity contribution in [1.29, 1.82) is 0 Å². The average Bonchev–Trinajstić information content (AvgIpc) is 2.37. The van der Waals surface area contributed by atoms with E-state index in [1.807, 2.05) is 30.3 Å². The first-order chi connectivity index (χ1) is 7.76. The van der Waals surface area contributed by atoms with Crippen LogP contribution in [0, 0.1) is 0 Å². The lowest BCUT2D eigenvalue weighted by atomic mass is 10.3. The Morgan fingerprint density at radius 2 is 1.47 bits per heavy atom. The van der Waals surface area contributed by atoms with Crippen LogP contribution in [0.1, 0.15) is 20.8 Å². The Kier molecular flexibility index (Phi) is 8.01. The standard InChI is InChI=1S/C14H24NO.ClH/c1-4-15(5-2,6-3)12-13-16-14-10-8-7-9-11-14;/h7-11H,4-6,12-13H2,1-3H3;1H/q+1;/p-1. The molecule has 0 unspecified atom stereocenters. The van der Waals surface area contributed by atoms with Gasteiger partial charge in [0.15, 0.2) is 0 Å². The van der Waals surface area contributed by atoms with Gasteiger partial charge in [-0.15, -0.1) is 0 Å². The number of halogens is 1. The van der Waals surface area contributed by atoms with Crippen LogP contribution in [0.25, 0.3) is 0 Å². The molecule has 0 N–H and O–H groups in total. The molecule has 0 bridgehead atoms. The van der Waals surface area contributed by atoms with E-state index in [4.69, 9.17) is 4.74 Å². The third-order valence-corrected chi connectivity index (χ3v) is 3.59. The highest BCUT2D eigenvalue weighted by Crippen LogP contribution is 2.10. The molecule has 0 atom stereocenters. The van der Waals surface area contributed by atoms with Crippen molar-refractivity contribution in [2.24, 2.45) is 0 Å². The molecule has 98 valence electrons. The maximum absolute atomic E-state index is 5.75. The predicted octanol–water partition coefficient (Wildman–Crippen LogP) is -0.0541. The molecular formula is C14H24ClNO. The third-order valence-electron chi connectivity index (χ3n) is 3.59. The molecule has 0 aliphatic rings. The zero-order chi connectivity index (χ0) is 11.9. The quantitative estimate of drug-likeness (QED) is 0.623. The second kappa shape index (κ2) is 8.37. The summed E-state index contributed by atoms with van der Waals surface area (Å²) in [6.45, 7) is 12.2. The van der Waals surface area contributed by atoms with Crippen LogP contribution in [0.3, 0.4) is 0 Å². The number of ether oxygens (including phenoxy) is 1. The minimum atomic E-state index is 0. The van der Waals surface area contributed by atoms with Gasteiger partial charge in [-0.2, -0.15) is 0 Å². The largest absolute Gasteiger partial charge is 1.00 e. The topological polar surface area (TPSA) is 9.23 Å². The van der Waals surface area contributed by atoms with E-state index in [2.05, 4.69) is 20.8 Å². The molecule has 0 saturated carbocycles. The fraction of sp³-hybridized carbons (Fsp3) is 0.571. The molecule has 0 fully saturated rings. The van der Waals surface area contributed by atoms with Crippen LogP contribution >= 0.6 is 0 Å². The summed E-state index contributed by atoms with van der Waals surface area (Å²) in [7, 11) is 0. The van der Waals surface area contributed by atoms with Gasteiger partial charge in [0.25, 0.3) is 0 Å². The smallest absolute Gasteiger partial charge is 0.137 e. The SMILES string of the molecule is CC[N+](CC)(CC)CCOc1ccccc1.[Cl-]. The molecule has 0 aliphatic carbocycles. The van der Waals surface area contributed by atoms with Gasteiger partial charge in [0.1, 0.15) is 18.9 Å². The molecule has 0 spiro atoms. The highest BCUT2D eigenvalue weighted by molar-refractivity contribution is 5.20. The molecule has 2 nitrogen and oxygen atoms in total. The number of nitrogens with zero attached hydrogens (tertiary/aromatic N) is 1. The lowest BCUT2D eigenvalue weighted by molar-refractivity contribution is -0.923. The summed E-state index contributed by atoms with van der Waals surface area (Å²) in [6, 6.07) is 10.1. The van der Waals surface area contributed by atoms with Crippen molar-refractivity contribution in [2.75, 3.05) is 32.8 Å². The maximum atomic E-state index is 5.75. The monoisotopic (exact) mass is 257 g/mol. The zero-order valence-corrected chi connectivity index (χ0v) is 11.9. The van der Waals surface area contributed by atoms with Crippen molar-refractivity contribution in [2.45, 2.75) is 20.8 Å². The van der Waals surface area contributed by atoms with E-state index in [1.54, 1.807) is 0 Å².